The summed E-state index contributed by atoms with van der Waals surface area (Å²) in [6.07, 6.45) is 22.2. The molecule has 3 atom stereocenters. The number of benzene rings is 2. The van der Waals surface area contributed by atoms with E-state index in [1.165, 1.54) is 46.1 Å². The van der Waals surface area contributed by atoms with Gasteiger partial charge in [0.25, 0.3) is 0 Å². The molecule has 168 valence electrons. The van der Waals surface area contributed by atoms with Crippen LogP contribution in [0.2, 0.25) is 0 Å². The molecule has 0 bridgehead atoms. The van der Waals surface area contributed by atoms with Gasteiger partial charge in [-0.15, -0.1) is 0 Å². The van der Waals surface area contributed by atoms with E-state index in [4.69, 9.17) is 0 Å². The molecule has 7 rings (SSSR count). The lowest BCUT2D eigenvalue weighted by atomic mass is 9.62. The van der Waals surface area contributed by atoms with Crippen molar-refractivity contribution in [1.29, 1.82) is 0 Å². The molecule has 1 N–H and O–H groups in total. The lowest BCUT2D eigenvalue weighted by molar-refractivity contribution is 0.490. The first-order valence-corrected chi connectivity index (χ1v) is 12.9. The molecule has 1 heterocycles. The maximum absolute atomic E-state index is 3.65. The van der Waals surface area contributed by atoms with Crippen molar-refractivity contribution >= 4 is 22.6 Å². The highest BCUT2D eigenvalue weighted by Gasteiger charge is 2.38. The van der Waals surface area contributed by atoms with E-state index in [1.54, 1.807) is 22.3 Å². The number of aromatic nitrogens is 1. The molecule has 3 aromatic rings. The van der Waals surface area contributed by atoms with Crippen LogP contribution in [0.3, 0.4) is 0 Å². The highest BCUT2D eigenvalue weighted by molar-refractivity contribution is 5.93. The fourth-order valence-electron chi connectivity index (χ4n) is 6.95. The Labute approximate surface area is 202 Å². The predicted octanol–water partition coefficient (Wildman–Crippen LogP) is 8.63. The second kappa shape index (κ2) is 7.87. The SMILES string of the molecule is CC1C2=CC=C(c3ccc4[nH]c5c(c4c3)C=CCC5)CC2c2ccccc2[C@H]1C1=CC=CCC1. The Morgan fingerprint density at radius 3 is 2.65 bits per heavy atom. The van der Waals surface area contributed by atoms with Gasteiger partial charge in [-0.05, 0) is 72.4 Å². The molecule has 2 aromatic carbocycles. The van der Waals surface area contributed by atoms with Gasteiger partial charge in [0.2, 0.25) is 0 Å². The zero-order valence-electron chi connectivity index (χ0n) is 19.9. The first kappa shape index (κ1) is 20.1. The average molecular weight is 442 g/mol. The third kappa shape index (κ3) is 3.06. The minimum Gasteiger partial charge on any atom is -0.358 e. The Balaban J connectivity index is 1.31. The van der Waals surface area contributed by atoms with Gasteiger partial charge < -0.3 is 4.98 Å². The van der Waals surface area contributed by atoms with Gasteiger partial charge in [-0.3, -0.25) is 0 Å². The topological polar surface area (TPSA) is 15.8 Å². The van der Waals surface area contributed by atoms with E-state index < -0.39 is 0 Å². The molecule has 34 heavy (non-hydrogen) atoms. The number of H-pyrrole nitrogens is 1. The van der Waals surface area contributed by atoms with Crippen LogP contribution in [-0.2, 0) is 6.42 Å². The molecule has 0 radical (unpaired) electrons. The molecule has 0 saturated carbocycles. The van der Waals surface area contributed by atoms with Gasteiger partial charge >= 0.3 is 0 Å². The van der Waals surface area contributed by atoms with Gasteiger partial charge in [0.15, 0.2) is 0 Å². The van der Waals surface area contributed by atoms with Crippen molar-refractivity contribution in [2.24, 2.45) is 5.92 Å². The standard InChI is InChI=1S/C33H31N/c1-21-25-17-15-23(24-16-18-32-30(20-24)27-12-7-8-14-31(27)34-32)19-29(25)26-11-5-6-13-28(26)33(21)22-9-3-2-4-10-22/h2-3,5-7,9,11-13,15-18,20-21,29,33-34H,4,8,10,14,19H2,1H3/t21?,29?,33-/m1/s1. The lowest BCUT2D eigenvalue weighted by Crippen LogP contribution is -2.27. The van der Waals surface area contributed by atoms with Crippen molar-refractivity contribution in [2.45, 2.75) is 50.9 Å². The van der Waals surface area contributed by atoms with Crippen LogP contribution in [-0.4, -0.2) is 4.98 Å². The number of nitrogens with one attached hydrogen (secondary N) is 1. The van der Waals surface area contributed by atoms with Gasteiger partial charge in [-0.2, -0.15) is 0 Å². The molecule has 0 amide bonds. The smallest absolute Gasteiger partial charge is 0.0462 e. The van der Waals surface area contributed by atoms with E-state index in [2.05, 4.69) is 96.9 Å². The number of aromatic amines is 1. The zero-order chi connectivity index (χ0) is 22.6. The second-order valence-corrected chi connectivity index (χ2v) is 10.4. The third-order valence-corrected chi connectivity index (χ3v) is 8.62. The molecule has 0 aliphatic heterocycles. The van der Waals surface area contributed by atoms with Crippen molar-refractivity contribution in [3.63, 3.8) is 0 Å². The molecule has 1 nitrogen and oxygen atoms in total. The summed E-state index contributed by atoms with van der Waals surface area (Å²) in [4.78, 5) is 3.65. The van der Waals surface area contributed by atoms with Gasteiger partial charge in [0.1, 0.15) is 0 Å². The van der Waals surface area contributed by atoms with Crippen LogP contribution in [0.4, 0.5) is 0 Å². The minimum atomic E-state index is 0.484. The van der Waals surface area contributed by atoms with E-state index in [-0.39, 0.29) is 0 Å². The molecule has 1 aromatic heterocycles. The predicted molar refractivity (Wildman–Crippen MR) is 144 cm³/mol. The second-order valence-electron chi connectivity index (χ2n) is 10.4. The van der Waals surface area contributed by atoms with Crippen LogP contribution in [0.1, 0.15) is 72.4 Å². The summed E-state index contributed by atoms with van der Waals surface area (Å²) < 4.78 is 0. The van der Waals surface area contributed by atoms with Crippen LogP contribution >= 0.6 is 0 Å². The Morgan fingerprint density at radius 2 is 1.76 bits per heavy atom. The third-order valence-electron chi connectivity index (χ3n) is 8.62. The Kier molecular flexibility index (Phi) is 4.65. The number of aryl methyl sites for hydroxylation is 1. The molecule has 2 unspecified atom stereocenters. The molecule has 0 spiro atoms. The summed E-state index contributed by atoms with van der Waals surface area (Å²) in [5.41, 5.74) is 13.2. The van der Waals surface area contributed by atoms with E-state index in [0.29, 0.717) is 17.8 Å². The van der Waals surface area contributed by atoms with Gasteiger partial charge in [0, 0.05) is 34.0 Å². The van der Waals surface area contributed by atoms with Crippen molar-refractivity contribution < 1.29 is 0 Å². The largest absolute Gasteiger partial charge is 0.358 e. The van der Waals surface area contributed by atoms with E-state index in [9.17, 15) is 0 Å². The van der Waals surface area contributed by atoms with Crippen LogP contribution in [0.5, 0.6) is 0 Å². The van der Waals surface area contributed by atoms with E-state index in [1.807, 2.05) is 0 Å². The van der Waals surface area contributed by atoms with Crippen molar-refractivity contribution in [3.05, 3.63) is 118 Å². The number of allylic oxidation sites excluding steroid dienone is 9. The number of rotatable bonds is 2. The highest BCUT2D eigenvalue weighted by Crippen LogP contribution is 2.54. The summed E-state index contributed by atoms with van der Waals surface area (Å²) in [5, 5.41) is 1.37. The van der Waals surface area contributed by atoms with Gasteiger partial charge in [-0.25, -0.2) is 0 Å². The Bertz CT molecular complexity index is 1450. The molecule has 0 saturated heterocycles. The highest BCUT2D eigenvalue weighted by atomic mass is 14.7. The summed E-state index contributed by atoms with van der Waals surface area (Å²) in [6.45, 7) is 2.46. The van der Waals surface area contributed by atoms with Gasteiger partial charge in [0.05, 0.1) is 0 Å². The fraction of sp³-hybridized carbons (Fsp3) is 0.273. The quantitative estimate of drug-likeness (QED) is 0.409. The minimum absolute atomic E-state index is 0.484. The van der Waals surface area contributed by atoms with Crippen LogP contribution < -0.4 is 0 Å². The maximum Gasteiger partial charge on any atom is 0.0462 e. The van der Waals surface area contributed by atoms with Crippen LogP contribution in [0.25, 0.3) is 22.6 Å². The average Bonchev–Trinajstić information content (AvgIpc) is 3.27. The summed E-state index contributed by atoms with van der Waals surface area (Å²) in [6, 6.07) is 16.3. The molecule has 0 fully saturated rings. The Hall–Kier alpha value is -3.32. The monoisotopic (exact) mass is 441 g/mol. The molecular formula is C33H31N. The van der Waals surface area contributed by atoms with Crippen molar-refractivity contribution in [3.8, 4) is 0 Å². The fourth-order valence-corrected chi connectivity index (χ4v) is 6.95. The van der Waals surface area contributed by atoms with E-state index in [0.717, 1.165) is 19.3 Å². The zero-order valence-corrected chi connectivity index (χ0v) is 19.9. The molecule has 4 aliphatic carbocycles. The number of hydrogen-bond acceptors (Lipinski definition) is 0. The maximum atomic E-state index is 3.65. The molecule has 4 aliphatic rings. The van der Waals surface area contributed by atoms with Crippen molar-refractivity contribution in [2.75, 3.05) is 0 Å². The molecular weight excluding hydrogens is 410 g/mol. The van der Waals surface area contributed by atoms with Crippen LogP contribution in [0, 0.1) is 5.92 Å². The number of fused-ring (bicyclic) bond motifs is 6. The summed E-state index contributed by atoms with van der Waals surface area (Å²) in [5.74, 6) is 1.53. The number of hydrogen-bond donors (Lipinski definition) is 1. The van der Waals surface area contributed by atoms with Crippen molar-refractivity contribution in [1.82, 2.24) is 4.98 Å². The first-order chi connectivity index (χ1) is 16.8. The van der Waals surface area contributed by atoms with Gasteiger partial charge in [-0.1, -0.05) is 90.9 Å². The van der Waals surface area contributed by atoms with Crippen LogP contribution in [0.15, 0.2) is 90.1 Å². The normalized spacial score (nSPS) is 25.2. The first-order valence-electron chi connectivity index (χ1n) is 12.9. The summed E-state index contributed by atoms with van der Waals surface area (Å²) in [7, 11) is 0. The van der Waals surface area contributed by atoms with E-state index >= 15 is 0 Å². The summed E-state index contributed by atoms with van der Waals surface area (Å²) >= 11 is 0. The Morgan fingerprint density at radius 1 is 0.882 bits per heavy atom. The molecule has 1 heteroatoms. The lowest BCUT2D eigenvalue weighted by Gasteiger charge is -2.42.